The zero-order chi connectivity index (χ0) is 14.5. The average molecular weight is 271 g/mol. The number of nitrogens with one attached hydrogen (secondary N) is 1. The quantitative estimate of drug-likeness (QED) is 0.909. The van der Waals surface area contributed by atoms with Crippen molar-refractivity contribution >= 4 is 5.91 Å². The standard InChI is InChI=1S/C16H21N3O/c1-12(2)19-13(3)11-15(18-19)16(20)17-10-9-14-7-5-4-6-8-14/h4-8,11-12H,9-10H2,1-3H3,(H,17,20). The maximum absolute atomic E-state index is 12.0. The van der Waals surface area contributed by atoms with E-state index in [0.717, 1.165) is 12.1 Å². The number of nitrogens with zero attached hydrogens (tertiary/aromatic N) is 2. The molecule has 0 aliphatic heterocycles. The summed E-state index contributed by atoms with van der Waals surface area (Å²) in [7, 11) is 0. The minimum Gasteiger partial charge on any atom is -0.350 e. The van der Waals surface area contributed by atoms with Crippen LogP contribution in [0.25, 0.3) is 0 Å². The number of hydrogen-bond acceptors (Lipinski definition) is 2. The number of benzene rings is 1. The van der Waals surface area contributed by atoms with Crippen LogP contribution < -0.4 is 5.32 Å². The Hall–Kier alpha value is -2.10. The number of hydrogen-bond donors (Lipinski definition) is 1. The van der Waals surface area contributed by atoms with Gasteiger partial charge in [-0.3, -0.25) is 9.48 Å². The lowest BCUT2D eigenvalue weighted by Crippen LogP contribution is -2.26. The molecule has 0 bridgehead atoms. The largest absolute Gasteiger partial charge is 0.350 e. The van der Waals surface area contributed by atoms with Gasteiger partial charge < -0.3 is 5.32 Å². The van der Waals surface area contributed by atoms with Crippen LogP contribution in [0, 0.1) is 6.92 Å². The normalized spacial score (nSPS) is 10.8. The maximum Gasteiger partial charge on any atom is 0.271 e. The lowest BCUT2D eigenvalue weighted by molar-refractivity contribution is 0.0948. The van der Waals surface area contributed by atoms with Crippen molar-refractivity contribution in [1.29, 1.82) is 0 Å². The second-order valence-corrected chi connectivity index (χ2v) is 5.20. The summed E-state index contributed by atoms with van der Waals surface area (Å²) < 4.78 is 1.87. The number of carbonyl (C=O) groups is 1. The summed E-state index contributed by atoms with van der Waals surface area (Å²) in [5.41, 5.74) is 2.72. The molecule has 0 aliphatic carbocycles. The van der Waals surface area contributed by atoms with Gasteiger partial charge in [0, 0.05) is 18.3 Å². The predicted molar refractivity (Wildman–Crippen MR) is 79.8 cm³/mol. The van der Waals surface area contributed by atoms with Gasteiger partial charge in [0.25, 0.3) is 5.91 Å². The van der Waals surface area contributed by atoms with Gasteiger partial charge >= 0.3 is 0 Å². The molecule has 0 unspecified atom stereocenters. The first-order valence-electron chi connectivity index (χ1n) is 6.96. The van der Waals surface area contributed by atoms with Crippen LogP contribution in [0.15, 0.2) is 36.4 Å². The topological polar surface area (TPSA) is 46.9 Å². The van der Waals surface area contributed by atoms with E-state index in [9.17, 15) is 4.79 Å². The molecule has 1 N–H and O–H groups in total. The molecule has 1 amide bonds. The third kappa shape index (κ3) is 3.47. The third-order valence-corrected chi connectivity index (χ3v) is 3.19. The van der Waals surface area contributed by atoms with Crippen molar-refractivity contribution in [2.75, 3.05) is 6.54 Å². The van der Waals surface area contributed by atoms with Crippen molar-refractivity contribution in [2.24, 2.45) is 0 Å². The van der Waals surface area contributed by atoms with Crippen LogP contribution in [-0.2, 0) is 6.42 Å². The van der Waals surface area contributed by atoms with Crippen molar-refractivity contribution in [3.63, 3.8) is 0 Å². The molecule has 0 spiro atoms. The van der Waals surface area contributed by atoms with Gasteiger partial charge in [0.15, 0.2) is 0 Å². The van der Waals surface area contributed by atoms with Gasteiger partial charge in [-0.1, -0.05) is 30.3 Å². The Kier molecular flexibility index (Phi) is 4.56. The number of carbonyl (C=O) groups excluding carboxylic acids is 1. The van der Waals surface area contributed by atoms with E-state index in [0.29, 0.717) is 12.2 Å². The molecule has 4 heteroatoms. The minimum absolute atomic E-state index is 0.108. The van der Waals surface area contributed by atoms with Crippen molar-refractivity contribution in [3.05, 3.63) is 53.3 Å². The zero-order valence-electron chi connectivity index (χ0n) is 12.3. The highest BCUT2D eigenvalue weighted by atomic mass is 16.1. The molecule has 0 atom stereocenters. The minimum atomic E-state index is -0.108. The van der Waals surface area contributed by atoms with E-state index >= 15 is 0 Å². The van der Waals surface area contributed by atoms with E-state index in [4.69, 9.17) is 0 Å². The van der Waals surface area contributed by atoms with E-state index in [2.05, 4.69) is 36.4 Å². The van der Waals surface area contributed by atoms with Crippen LogP contribution in [0.3, 0.4) is 0 Å². The Balaban J connectivity index is 1.90. The molecule has 1 aromatic carbocycles. The lowest BCUT2D eigenvalue weighted by Gasteiger charge is -2.07. The summed E-state index contributed by atoms with van der Waals surface area (Å²) in [6.07, 6.45) is 0.830. The van der Waals surface area contributed by atoms with Crippen LogP contribution in [0.1, 0.15) is 41.6 Å². The summed E-state index contributed by atoms with van der Waals surface area (Å²) in [6.45, 7) is 6.69. The fraction of sp³-hybridized carbons (Fsp3) is 0.375. The molecule has 0 fully saturated rings. The molecule has 20 heavy (non-hydrogen) atoms. The molecule has 0 saturated carbocycles. The summed E-state index contributed by atoms with van der Waals surface area (Å²) >= 11 is 0. The van der Waals surface area contributed by atoms with Crippen LogP contribution in [0.5, 0.6) is 0 Å². The molecule has 0 radical (unpaired) electrons. The Morgan fingerprint density at radius 3 is 2.60 bits per heavy atom. The van der Waals surface area contributed by atoms with Crippen LogP contribution >= 0.6 is 0 Å². The highest BCUT2D eigenvalue weighted by Crippen LogP contribution is 2.10. The van der Waals surface area contributed by atoms with Crippen LogP contribution in [-0.4, -0.2) is 22.2 Å². The van der Waals surface area contributed by atoms with E-state index in [1.165, 1.54) is 5.56 Å². The summed E-state index contributed by atoms with van der Waals surface area (Å²) in [4.78, 5) is 12.0. The maximum atomic E-state index is 12.0. The Bertz CT molecular complexity index is 573. The molecule has 0 saturated heterocycles. The summed E-state index contributed by atoms with van der Waals surface area (Å²) in [5.74, 6) is -0.108. The van der Waals surface area contributed by atoms with Crippen molar-refractivity contribution < 1.29 is 4.79 Å². The van der Waals surface area contributed by atoms with Gasteiger partial charge in [-0.2, -0.15) is 5.10 Å². The third-order valence-electron chi connectivity index (χ3n) is 3.19. The Labute approximate surface area is 119 Å². The molecule has 4 nitrogen and oxygen atoms in total. The fourth-order valence-corrected chi connectivity index (χ4v) is 2.18. The number of rotatable bonds is 5. The highest BCUT2D eigenvalue weighted by Gasteiger charge is 2.13. The first kappa shape index (κ1) is 14.3. The van der Waals surface area contributed by atoms with E-state index in [1.807, 2.05) is 35.9 Å². The Morgan fingerprint density at radius 1 is 1.30 bits per heavy atom. The molecule has 2 rings (SSSR count). The molecular weight excluding hydrogens is 250 g/mol. The first-order chi connectivity index (χ1) is 9.58. The summed E-state index contributed by atoms with van der Waals surface area (Å²) in [6, 6.07) is 12.2. The molecule has 1 aromatic heterocycles. The van der Waals surface area contributed by atoms with Gasteiger partial charge in [0.05, 0.1) is 0 Å². The van der Waals surface area contributed by atoms with E-state index in [1.54, 1.807) is 0 Å². The molecule has 106 valence electrons. The average Bonchev–Trinajstić information content (AvgIpc) is 2.82. The van der Waals surface area contributed by atoms with E-state index < -0.39 is 0 Å². The molecular formula is C16H21N3O. The highest BCUT2D eigenvalue weighted by molar-refractivity contribution is 5.92. The second-order valence-electron chi connectivity index (χ2n) is 5.20. The lowest BCUT2D eigenvalue weighted by atomic mass is 10.1. The first-order valence-corrected chi connectivity index (χ1v) is 6.96. The van der Waals surface area contributed by atoms with E-state index in [-0.39, 0.29) is 11.9 Å². The second kappa shape index (κ2) is 6.37. The SMILES string of the molecule is Cc1cc(C(=O)NCCc2ccccc2)nn1C(C)C. The van der Waals surface area contributed by atoms with Gasteiger partial charge in [-0.15, -0.1) is 0 Å². The van der Waals surface area contributed by atoms with Gasteiger partial charge in [0.1, 0.15) is 5.69 Å². The van der Waals surface area contributed by atoms with Crippen molar-refractivity contribution in [3.8, 4) is 0 Å². The zero-order valence-corrected chi connectivity index (χ0v) is 12.3. The number of aromatic nitrogens is 2. The number of aryl methyl sites for hydroxylation is 1. The van der Waals surface area contributed by atoms with Gasteiger partial charge in [-0.25, -0.2) is 0 Å². The Morgan fingerprint density at radius 2 is 2.00 bits per heavy atom. The van der Waals surface area contributed by atoms with Gasteiger partial charge in [0.2, 0.25) is 0 Å². The van der Waals surface area contributed by atoms with Crippen molar-refractivity contribution in [1.82, 2.24) is 15.1 Å². The molecule has 0 aliphatic rings. The van der Waals surface area contributed by atoms with Crippen LogP contribution in [0.2, 0.25) is 0 Å². The summed E-state index contributed by atoms with van der Waals surface area (Å²) in [5, 5.41) is 7.25. The predicted octanol–water partition coefficient (Wildman–Crippen LogP) is 2.74. The smallest absolute Gasteiger partial charge is 0.271 e. The fourth-order valence-electron chi connectivity index (χ4n) is 2.18. The van der Waals surface area contributed by atoms with Gasteiger partial charge in [-0.05, 0) is 38.8 Å². The molecule has 2 aromatic rings. The number of amides is 1. The monoisotopic (exact) mass is 271 g/mol. The van der Waals surface area contributed by atoms with Crippen LogP contribution in [0.4, 0.5) is 0 Å². The van der Waals surface area contributed by atoms with Crippen molar-refractivity contribution in [2.45, 2.75) is 33.2 Å². The molecule has 1 heterocycles.